The zero-order valence-electron chi connectivity index (χ0n) is 14.6. The number of rotatable bonds is 2. The molecule has 7 heteroatoms. The molecule has 136 valence electrons. The number of nitrogens with zero attached hydrogens (tertiary/aromatic N) is 5. The summed E-state index contributed by atoms with van der Waals surface area (Å²) in [7, 11) is 0. The van der Waals surface area contributed by atoms with Crippen LogP contribution in [-0.2, 0) is 13.0 Å². The molecule has 6 nitrogen and oxygen atoms in total. The van der Waals surface area contributed by atoms with Gasteiger partial charge in [0, 0.05) is 19.2 Å². The number of halogens is 1. The molecular formula is C20H18FN5O. The summed E-state index contributed by atoms with van der Waals surface area (Å²) in [4.78, 5) is 23.2. The highest BCUT2D eigenvalue weighted by atomic mass is 19.1. The van der Waals surface area contributed by atoms with Gasteiger partial charge in [0.2, 0.25) is 5.82 Å². The number of alkyl halides is 1. The Bertz CT molecular complexity index is 1000. The van der Waals surface area contributed by atoms with E-state index in [1.165, 1.54) is 0 Å². The van der Waals surface area contributed by atoms with Gasteiger partial charge in [0.1, 0.15) is 0 Å². The molecule has 4 heterocycles. The smallest absolute Gasteiger partial charge is 0.293 e. The lowest BCUT2D eigenvalue weighted by Gasteiger charge is -2.27. The highest BCUT2D eigenvalue weighted by Gasteiger charge is 2.37. The summed E-state index contributed by atoms with van der Waals surface area (Å²) < 4.78 is 16.1. The molecular weight excluding hydrogens is 345 g/mol. The first kappa shape index (κ1) is 16.1. The third-order valence-electron chi connectivity index (χ3n) is 5.30. The molecule has 0 saturated heterocycles. The van der Waals surface area contributed by atoms with Gasteiger partial charge in [-0.2, -0.15) is 0 Å². The van der Waals surface area contributed by atoms with Crippen LogP contribution in [0.5, 0.6) is 0 Å². The van der Waals surface area contributed by atoms with Gasteiger partial charge in [-0.3, -0.25) is 9.78 Å². The number of carbonyl (C=O) groups excluding carboxylic acids is 1. The molecule has 0 saturated carbocycles. The van der Waals surface area contributed by atoms with Gasteiger partial charge in [-0.15, -0.1) is 5.10 Å². The normalized spacial score (nSPS) is 21.0. The molecule has 0 aliphatic carbocycles. The summed E-state index contributed by atoms with van der Waals surface area (Å²) in [6.45, 7) is 1.02. The number of pyridine rings is 1. The lowest BCUT2D eigenvalue weighted by molar-refractivity contribution is 0.0718. The molecule has 0 N–H and O–H groups in total. The van der Waals surface area contributed by atoms with Crippen LogP contribution in [0.2, 0.25) is 0 Å². The molecule has 3 aromatic rings. The van der Waals surface area contributed by atoms with Crippen LogP contribution in [0.25, 0.3) is 0 Å². The van der Waals surface area contributed by atoms with Crippen molar-refractivity contribution in [2.24, 2.45) is 0 Å². The molecule has 5 rings (SSSR count). The van der Waals surface area contributed by atoms with Crippen LogP contribution in [0.3, 0.4) is 0 Å². The zero-order chi connectivity index (χ0) is 18.4. The predicted molar refractivity (Wildman–Crippen MR) is 95.8 cm³/mol. The second kappa shape index (κ2) is 6.26. The predicted octanol–water partition coefficient (Wildman–Crippen LogP) is 2.88. The van der Waals surface area contributed by atoms with Crippen LogP contribution in [0, 0.1) is 0 Å². The maximum atomic E-state index is 14.5. The highest BCUT2D eigenvalue weighted by molar-refractivity contribution is 5.90. The zero-order valence-corrected chi connectivity index (χ0v) is 14.6. The number of fused-ring (bicyclic) bond motifs is 2. The van der Waals surface area contributed by atoms with Gasteiger partial charge in [-0.05, 0) is 23.6 Å². The summed E-state index contributed by atoms with van der Waals surface area (Å²) in [5.41, 5.74) is 3.03. The van der Waals surface area contributed by atoms with E-state index in [0.717, 1.165) is 23.2 Å². The number of amides is 1. The van der Waals surface area contributed by atoms with Crippen molar-refractivity contribution >= 4 is 5.91 Å². The fourth-order valence-electron chi connectivity index (χ4n) is 3.89. The molecule has 1 amide bonds. The Hall–Kier alpha value is -3.09. The Kier molecular flexibility index (Phi) is 3.74. The van der Waals surface area contributed by atoms with E-state index in [4.69, 9.17) is 0 Å². The van der Waals surface area contributed by atoms with Crippen LogP contribution < -0.4 is 0 Å². The Balaban J connectivity index is 1.43. The molecule has 2 atom stereocenters. The lowest BCUT2D eigenvalue weighted by Crippen LogP contribution is -2.37. The second-order valence-corrected chi connectivity index (χ2v) is 6.95. The van der Waals surface area contributed by atoms with Gasteiger partial charge >= 0.3 is 0 Å². The van der Waals surface area contributed by atoms with E-state index in [2.05, 4.69) is 15.1 Å². The minimum Gasteiger partial charge on any atom is -0.330 e. The van der Waals surface area contributed by atoms with Crippen LogP contribution in [0.15, 0.2) is 48.7 Å². The first-order valence-electron chi connectivity index (χ1n) is 9.08. The van der Waals surface area contributed by atoms with E-state index in [1.807, 2.05) is 42.5 Å². The van der Waals surface area contributed by atoms with Crippen molar-refractivity contribution in [1.82, 2.24) is 24.6 Å². The number of aromatic nitrogens is 4. The van der Waals surface area contributed by atoms with Crippen molar-refractivity contribution in [2.45, 2.75) is 31.6 Å². The van der Waals surface area contributed by atoms with Crippen molar-refractivity contribution in [3.8, 4) is 0 Å². The monoisotopic (exact) mass is 363 g/mol. The van der Waals surface area contributed by atoms with E-state index >= 15 is 0 Å². The minimum atomic E-state index is -1.21. The average molecular weight is 363 g/mol. The fraction of sp³-hybridized carbons (Fsp3) is 0.300. The molecule has 0 unspecified atom stereocenters. The number of hydrogen-bond acceptors (Lipinski definition) is 4. The molecule has 0 fully saturated rings. The van der Waals surface area contributed by atoms with Crippen molar-refractivity contribution < 1.29 is 9.18 Å². The Morgan fingerprint density at radius 2 is 2.00 bits per heavy atom. The van der Waals surface area contributed by atoms with Gasteiger partial charge in [-0.1, -0.05) is 36.4 Å². The third kappa shape index (κ3) is 2.70. The van der Waals surface area contributed by atoms with Gasteiger partial charge < -0.3 is 4.90 Å². The van der Waals surface area contributed by atoms with E-state index in [0.29, 0.717) is 19.5 Å². The maximum absolute atomic E-state index is 14.5. The molecule has 2 aliphatic heterocycles. The standard InChI is InChI=1S/C20H18FN5O/c21-15-11-17(14-5-2-1-3-6-14)26-19(15)23-18(24-26)20(27)25-10-8-13-7-4-9-22-16(13)12-25/h1-7,9,15,17H,8,10-12H2/t15-,17-/m0/s1. The van der Waals surface area contributed by atoms with E-state index in [-0.39, 0.29) is 23.6 Å². The Morgan fingerprint density at radius 1 is 1.15 bits per heavy atom. The van der Waals surface area contributed by atoms with Crippen molar-refractivity contribution in [3.05, 3.63) is 77.1 Å². The number of benzene rings is 1. The second-order valence-electron chi connectivity index (χ2n) is 6.95. The first-order valence-corrected chi connectivity index (χ1v) is 9.08. The summed E-state index contributed by atoms with van der Waals surface area (Å²) in [6.07, 6.45) is 1.57. The SMILES string of the molecule is O=C(c1nc2n(n1)[C@H](c1ccccc1)C[C@@H]2F)N1CCc2cccnc2C1. The Morgan fingerprint density at radius 3 is 2.85 bits per heavy atom. The number of carbonyl (C=O) groups is 1. The maximum Gasteiger partial charge on any atom is 0.293 e. The molecule has 2 aromatic heterocycles. The molecule has 0 spiro atoms. The first-order chi connectivity index (χ1) is 13.2. The molecule has 1 aromatic carbocycles. The van der Waals surface area contributed by atoms with Gasteiger partial charge in [0.25, 0.3) is 5.91 Å². The van der Waals surface area contributed by atoms with Gasteiger partial charge in [0.15, 0.2) is 12.0 Å². The molecule has 0 radical (unpaired) electrons. The van der Waals surface area contributed by atoms with Crippen LogP contribution in [0.1, 0.15) is 51.9 Å². The highest BCUT2D eigenvalue weighted by Crippen LogP contribution is 2.39. The lowest BCUT2D eigenvalue weighted by atomic mass is 10.0. The van der Waals surface area contributed by atoms with E-state index < -0.39 is 6.17 Å². The summed E-state index contributed by atoms with van der Waals surface area (Å²) in [6, 6.07) is 13.4. The van der Waals surface area contributed by atoms with Crippen LogP contribution in [0.4, 0.5) is 4.39 Å². The molecule has 2 aliphatic rings. The largest absolute Gasteiger partial charge is 0.330 e. The van der Waals surface area contributed by atoms with Crippen molar-refractivity contribution in [1.29, 1.82) is 0 Å². The molecule has 27 heavy (non-hydrogen) atoms. The van der Waals surface area contributed by atoms with E-state index in [9.17, 15) is 9.18 Å². The third-order valence-corrected chi connectivity index (χ3v) is 5.30. The van der Waals surface area contributed by atoms with Gasteiger partial charge in [-0.25, -0.2) is 14.1 Å². The Labute approximate surface area is 155 Å². The van der Waals surface area contributed by atoms with E-state index in [1.54, 1.807) is 15.8 Å². The van der Waals surface area contributed by atoms with Crippen LogP contribution >= 0.6 is 0 Å². The minimum absolute atomic E-state index is 0.0627. The topological polar surface area (TPSA) is 63.9 Å². The van der Waals surface area contributed by atoms with Gasteiger partial charge in [0.05, 0.1) is 18.3 Å². The average Bonchev–Trinajstić information content (AvgIpc) is 3.28. The van der Waals surface area contributed by atoms with Crippen LogP contribution in [-0.4, -0.2) is 37.1 Å². The summed E-state index contributed by atoms with van der Waals surface area (Å²) in [5, 5.41) is 4.38. The van der Waals surface area contributed by atoms with Crippen molar-refractivity contribution in [2.75, 3.05) is 6.54 Å². The summed E-state index contributed by atoms with van der Waals surface area (Å²) >= 11 is 0. The molecule has 0 bridgehead atoms. The quantitative estimate of drug-likeness (QED) is 0.702. The van der Waals surface area contributed by atoms with Crippen molar-refractivity contribution in [3.63, 3.8) is 0 Å². The fourth-order valence-corrected chi connectivity index (χ4v) is 3.89. The number of hydrogen-bond donors (Lipinski definition) is 0. The summed E-state index contributed by atoms with van der Waals surface area (Å²) in [5.74, 6) is 0.0302.